The van der Waals surface area contributed by atoms with Crippen molar-refractivity contribution in [2.45, 2.75) is 26.3 Å². The third kappa shape index (κ3) is 6.50. The number of amides is 2. The quantitative estimate of drug-likeness (QED) is 0.692. The molecule has 0 spiro atoms. The summed E-state index contributed by atoms with van der Waals surface area (Å²) in [6, 6.07) is 16.1. The lowest BCUT2D eigenvalue weighted by Gasteiger charge is -2.15. The molecule has 2 rings (SSSR count). The molecule has 0 fully saturated rings. The van der Waals surface area contributed by atoms with E-state index < -0.39 is 0 Å². The number of anilines is 1. The van der Waals surface area contributed by atoms with Crippen LogP contribution in [0.3, 0.4) is 0 Å². The zero-order chi connectivity index (χ0) is 18.2. The van der Waals surface area contributed by atoms with Crippen LogP contribution >= 0.6 is 12.4 Å². The van der Waals surface area contributed by atoms with Gasteiger partial charge in [-0.25, -0.2) is 0 Å². The summed E-state index contributed by atoms with van der Waals surface area (Å²) in [6.07, 6.45) is 0.145. The number of benzene rings is 2. The predicted molar refractivity (Wildman–Crippen MR) is 107 cm³/mol. The second-order valence-corrected chi connectivity index (χ2v) is 6.42. The molecule has 2 aromatic rings. The third-order valence-corrected chi connectivity index (χ3v) is 3.75. The molecule has 2 amide bonds. The van der Waals surface area contributed by atoms with Gasteiger partial charge in [0.05, 0.1) is 11.3 Å². The number of rotatable bonds is 7. The Morgan fingerprint density at radius 1 is 1.00 bits per heavy atom. The van der Waals surface area contributed by atoms with Crippen LogP contribution in [-0.4, -0.2) is 18.4 Å². The van der Waals surface area contributed by atoms with E-state index in [0.29, 0.717) is 23.7 Å². The van der Waals surface area contributed by atoms with Gasteiger partial charge in [0.1, 0.15) is 0 Å². The van der Waals surface area contributed by atoms with Crippen LogP contribution in [-0.2, 0) is 4.79 Å². The fourth-order valence-electron chi connectivity index (χ4n) is 2.40. The molecule has 0 saturated carbocycles. The minimum Gasteiger partial charge on any atom is -0.352 e. The van der Waals surface area contributed by atoms with Gasteiger partial charge in [-0.05, 0) is 23.6 Å². The molecule has 140 valence electrons. The van der Waals surface area contributed by atoms with Gasteiger partial charge in [0, 0.05) is 19.0 Å². The van der Waals surface area contributed by atoms with Crippen molar-refractivity contribution in [1.82, 2.24) is 5.32 Å². The summed E-state index contributed by atoms with van der Waals surface area (Å²) in [6.45, 7) is 4.64. The van der Waals surface area contributed by atoms with Crippen molar-refractivity contribution in [2.75, 3.05) is 11.9 Å². The molecule has 5 nitrogen and oxygen atoms in total. The van der Waals surface area contributed by atoms with Crippen molar-refractivity contribution in [3.8, 4) is 0 Å². The molecule has 0 aliphatic carbocycles. The average Bonchev–Trinajstić information content (AvgIpc) is 2.60. The Morgan fingerprint density at radius 3 is 2.27 bits per heavy atom. The van der Waals surface area contributed by atoms with Gasteiger partial charge in [-0.1, -0.05) is 56.3 Å². The molecule has 0 aliphatic heterocycles. The lowest BCUT2D eigenvalue weighted by molar-refractivity contribution is -0.116. The van der Waals surface area contributed by atoms with E-state index in [2.05, 4.69) is 10.6 Å². The van der Waals surface area contributed by atoms with Gasteiger partial charge in [-0.3, -0.25) is 9.59 Å². The van der Waals surface area contributed by atoms with Crippen molar-refractivity contribution in [2.24, 2.45) is 11.7 Å². The number of carbonyl (C=O) groups excluding carboxylic acids is 2. The smallest absolute Gasteiger partial charge is 0.253 e. The van der Waals surface area contributed by atoms with Crippen LogP contribution in [0, 0.1) is 5.92 Å². The summed E-state index contributed by atoms with van der Waals surface area (Å²) in [7, 11) is 0. The maximum absolute atomic E-state index is 12.3. The second kappa shape index (κ2) is 10.6. The van der Waals surface area contributed by atoms with Crippen molar-refractivity contribution in [3.63, 3.8) is 0 Å². The normalized spacial score (nSPS) is 11.4. The molecule has 0 radical (unpaired) electrons. The molecule has 0 saturated heterocycles. The van der Waals surface area contributed by atoms with Gasteiger partial charge in [-0.15, -0.1) is 12.4 Å². The number of hydrogen-bond acceptors (Lipinski definition) is 3. The van der Waals surface area contributed by atoms with Crippen LogP contribution in [0.4, 0.5) is 5.69 Å². The van der Waals surface area contributed by atoms with Crippen LogP contribution < -0.4 is 16.4 Å². The standard InChI is InChI=1S/C20H25N3O2.ClH/c1-14(2)13-22-20(25)16-10-6-7-11-18(16)23-19(24)12-17(21)15-8-4-3-5-9-15;/h3-11,14,17H,12-13,21H2,1-2H3,(H,22,25)(H,23,24);1H. The molecule has 0 aliphatic rings. The Balaban J connectivity index is 0.00000338. The highest BCUT2D eigenvalue weighted by atomic mass is 35.5. The third-order valence-electron chi connectivity index (χ3n) is 3.75. The minimum absolute atomic E-state index is 0. The molecule has 0 bridgehead atoms. The highest BCUT2D eigenvalue weighted by Gasteiger charge is 2.15. The largest absolute Gasteiger partial charge is 0.352 e. The summed E-state index contributed by atoms with van der Waals surface area (Å²) in [4.78, 5) is 24.6. The fourth-order valence-corrected chi connectivity index (χ4v) is 2.40. The number of halogens is 1. The lowest BCUT2D eigenvalue weighted by atomic mass is 10.0. The van der Waals surface area contributed by atoms with E-state index in [4.69, 9.17) is 5.73 Å². The SMILES string of the molecule is CC(C)CNC(=O)c1ccccc1NC(=O)CC(N)c1ccccc1.Cl. The van der Waals surface area contributed by atoms with Gasteiger partial charge in [0.25, 0.3) is 5.91 Å². The Labute approximate surface area is 160 Å². The highest BCUT2D eigenvalue weighted by Crippen LogP contribution is 2.18. The monoisotopic (exact) mass is 375 g/mol. The molecule has 0 aromatic heterocycles. The van der Waals surface area contributed by atoms with Gasteiger partial charge < -0.3 is 16.4 Å². The van der Waals surface area contributed by atoms with Crippen molar-refractivity contribution in [3.05, 3.63) is 65.7 Å². The first-order chi connectivity index (χ1) is 12.0. The number of hydrogen-bond donors (Lipinski definition) is 3. The van der Waals surface area contributed by atoms with E-state index >= 15 is 0 Å². The summed E-state index contributed by atoms with van der Waals surface area (Å²) in [5, 5.41) is 5.66. The number of para-hydroxylation sites is 1. The van der Waals surface area contributed by atoms with E-state index in [-0.39, 0.29) is 36.7 Å². The molecule has 1 atom stereocenters. The van der Waals surface area contributed by atoms with Crippen LogP contribution in [0.25, 0.3) is 0 Å². The van der Waals surface area contributed by atoms with E-state index in [1.165, 1.54) is 0 Å². The zero-order valence-corrected chi connectivity index (χ0v) is 15.9. The summed E-state index contributed by atoms with van der Waals surface area (Å²) >= 11 is 0. The Kier molecular flexibility index (Phi) is 8.82. The van der Waals surface area contributed by atoms with Crippen molar-refractivity contribution in [1.29, 1.82) is 0 Å². The Morgan fingerprint density at radius 2 is 1.62 bits per heavy atom. The molecule has 2 aromatic carbocycles. The first kappa shape index (κ1) is 21.7. The molecular formula is C20H26ClN3O2. The number of nitrogens with two attached hydrogens (primary N) is 1. The minimum atomic E-state index is -0.386. The first-order valence-electron chi connectivity index (χ1n) is 8.45. The number of carbonyl (C=O) groups is 2. The maximum Gasteiger partial charge on any atom is 0.253 e. The van der Waals surface area contributed by atoms with Gasteiger partial charge in [-0.2, -0.15) is 0 Å². The summed E-state index contributed by atoms with van der Waals surface area (Å²) in [5.41, 5.74) is 7.93. The van der Waals surface area contributed by atoms with E-state index in [1.54, 1.807) is 24.3 Å². The zero-order valence-electron chi connectivity index (χ0n) is 15.1. The van der Waals surface area contributed by atoms with Crippen LogP contribution in [0.2, 0.25) is 0 Å². The topological polar surface area (TPSA) is 84.2 Å². The maximum atomic E-state index is 12.3. The fraction of sp³-hybridized carbons (Fsp3) is 0.300. The van der Waals surface area contributed by atoms with E-state index in [0.717, 1.165) is 5.56 Å². The van der Waals surface area contributed by atoms with Gasteiger partial charge in [0.15, 0.2) is 0 Å². The van der Waals surface area contributed by atoms with Gasteiger partial charge in [0.2, 0.25) is 5.91 Å². The van der Waals surface area contributed by atoms with Crippen molar-refractivity contribution >= 4 is 29.9 Å². The van der Waals surface area contributed by atoms with Crippen molar-refractivity contribution < 1.29 is 9.59 Å². The molecule has 4 N–H and O–H groups in total. The molecule has 6 heteroatoms. The van der Waals surface area contributed by atoms with E-state index in [9.17, 15) is 9.59 Å². The average molecular weight is 376 g/mol. The Hall–Kier alpha value is -2.37. The van der Waals surface area contributed by atoms with Gasteiger partial charge >= 0.3 is 0 Å². The molecular weight excluding hydrogens is 350 g/mol. The molecule has 1 unspecified atom stereocenters. The highest BCUT2D eigenvalue weighted by molar-refractivity contribution is 6.03. The molecule has 0 heterocycles. The van der Waals surface area contributed by atoms with E-state index in [1.807, 2.05) is 44.2 Å². The number of nitrogens with one attached hydrogen (secondary N) is 2. The second-order valence-electron chi connectivity index (χ2n) is 6.42. The Bertz CT molecular complexity index is 720. The summed E-state index contributed by atoms with van der Waals surface area (Å²) < 4.78 is 0. The van der Waals surface area contributed by atoms with Crippen LogP contribution in [0.1, 0.15) is 42.2 Å². The predicted octanol–water partition coefficient (Wildman–Crippen LogP) is 3.52. The lowest BCUT2D eigenvalue weighted by Crippen LogP contribution is -2.29. The molecule has 26 heavy (non-hydrogen) atoms. The first-order valence-corrected chi connectivity index (χ1v) is 8.45. The van der Waals surface area contributed by atoms with Crippen LogP contribution in [0.5, 0.6) is 0 Å². The van der Waals surface area contributed by atoms with Crippen LogP contribution in [0.15, 0.2) is 54.6 Å². The summed E-state index contributed by atoms with van der Waals surface area (Å²) in [5.74, 6) is -0.0630.